The molecular weight excluding hydrogens is 280 g/mol. The van der Waals surface area contributed by atoms with E-state index < -0.39 is 11.6 Å². The van der Waals surface area contributed by atoms with Crippen molar-refractivity contribution in [3.63, 3.8) is 0 Å². The number of rotatable bonds is 11. The van der Waals surface area contributed by atoms with E-state index in [1.165, 1.54) is 0 Å². The van der Waals surface area contributed by atoms with E-state index in [2.05, 4.69) is 0 Å². The first kappa shape index (κ1) is 23.2. The van der Waals surface area contributed by atoms with Crippen LogP contribution in [0.25, 0.3) is 0 Å². The van der Waals surface area contributed by atoms with Crippen LogP contribution >= 0.6 is 0 Å². The summed E-state index contributed by atoms with van der Waals surface area (Å²) in [5.41, 5.74) is -0.395. The molecule has 0 rings (SSSR count). The van der Waals surface area contributed by atoms with Crippen molar-refractivity contribution >= 4 is 11.9 Å². The van der Waals surface area contributed by atoms with Gasteiger partial charge in [-0.15, -0.1) is 0 Å². The van der Waals surface area contributed by atoms with E-state index in [1.54, 1.807) is 0 Å². The van der Waals surface area contributed by atoms with Crippen molar-refractivity contribution < 1.29 is 19.4 Å². The third-order valence-corrected chi connectivity index (χ3v) is 3.79. The van der Waals surface area contributed by atoms with E-state index in [0.29, 0.717) is 12.3 Å². The second-order valence-corrected chi connectivity index (χ2v) is 6.25. The zero-order valence-corrected chi connectivity index (χ0v) is 15.4. The quantitative estimate of drug-likeness (QED) is 0.420. The van der Waals surface area contributed by atoms with Crippen LogP contribution in [0, 0.1) is 5.92 Å². The van der Waals surface area contributed by atoms with Gasteiger partial charge in [0.2, 0.25) is 0 Å². The number of ether oxygens (including phenoxy) is 1. The van der Waals surface area contributed by atoms with Crippen molar-refractivity contribution in [2.24, 2.45) is 5.92 Å². The molecule has 4 nitrogen and oxygen atoms in total. The molecule has 0 heterocycles. The molecule has 0 aliphatic rings. The number of carboxylic acids is 1. The number of esters is 1. The maximum Gasteiger partial charge on any atom is 0.306 e. The molecular formula is C18H36O4. The number of carboxylic acid groups (broad SMARTS) is 1. The lowest BCUT2D eigenvalue weighted by atomic mass is 9.94. The summed E-state index contributed by atoms with van der Waals surface area (Å²) in [6.07, 6.45) is 6.40. The minimum Gasteiger partial charge on any atom is -0.481 e. The van der Waals surface area contributed by atoms with E-state index in [1.807, 2.05) is 41.5 Å². The lowest BCUT2D eigenvalue weighted by Crippen LogP contribution is -2.33. The second-order valence-electron chi connectivity index (χ2n) is 6.25. The minimum atomic E-state index is -0.722. The average molecular weight is 316 g/mol. The van der Waals surface area contributed by atoms with Crippen LogP contribution < -0.4 is 0 Å². The fraction of sp³-hybridized carbons (Fsp3) is 0.889. The highest BCUT2D eigenvalue weighted by molar-refractivity contribution is 5.69. The smallest absolute Gasteiger partial charge is 0.306 e. The van der Waals surface area contributed by atoms with Gasteiger partial charge in [-0.25, -0.2) is 0 Å². The molecule has 0 saturated carbocycles. The first-order valence-corrected chi connectivity index (χ1v) is 8.69. The molecule has 0 spiro atoms. The number of aliphatic carboxylic acids is 1. The van der Waals surface area contributed by atoms with Crippen LogP contribution in [-0.2, 0) is 14.3 Å². The Kier molecular flexibility index (Phi) is 14.3. The summed E-state index contributed by atoms with van der Waals surface area (Å²) in [7, 11) is 0. The fourth-order valence-electron chi connectivity index (χ4n) is 1.71. The zero-order chi connectivity index (χ0) is 17.6. The summed E-state index contributed by atoms with van der Waals surface area (Å²) in [5, 5.41) is 8.50. The van der Waals surface area contributed by atoms with Crippen molar-refractivity contribution in [2.75, 3.05) is 0 Å². The number of carbonyl (C=O) groups excluding carboxylic acids is 1. The highest BCUT2D eigenvalue weighted by Gasteiger charge is 2.26. The maximum atomic E-state index is 11.7. The molecule has 1 N–H and O–H groups in total. The van der Waals surface area contributed by atoms with Crippen molar-refractivity contribution in [2.45, 2.75) is 98.5 Å². The van der Waals surface area contributed by atoms with Gasteiger partial charge in [0.25, 0.3) is 0 Å². The van der Waals surface area contributed by atoms with Gasteiger partial charge in [0, 0.05) is 12.8 Å². The summed E-state index contributed by atoms with van der Waals surface area (Å²) in [6, 6.07) is 0. The third kappa shape index (κ3) is 13.9. The molecule has 0 unspecified atom stereocenters. The molecule has 0 radical (unpaired) electrons. The summed E-state index contributed by atoms with van der Waals surface area (Å²) in [4.78, 5) is 22.0. The lowest BCUT2D eigenvalue weighted by Gasteiger charge is -2.29. The first-order chi connectivity index (χ1) is 10.3. The maximum absolute atomic E-state index is 11.7. The third-order valence-electron chi connectivity index (χ3n) is 3.79. The molecule has 132 valence electrons. The molecule has 4 heteroatoms. The molecule has 0 aromatic heterocycles. The van der Waals surface area contributed by atoms with Gasteiger partial charge in [0.15, 0.2) is 0 Å². The van der Waals surface area contributed by atoms with Gasteiger partial charge in [-0.3, -0.25) is 9.59 Å². The van der Waals surface area contributed by atoms with Crippen LogP contribution in [0.2, 0.25) is 0 Å². The summed E-state index contributed by atoms with van der Waals surface area (Å²) in [5.74, 6) is -0.532. The standard InChI is InChI=1S/C16H30O4.C2H6/c1-13(2)16(3,4)20-15(19)12-10-8-6-5-7-9-11-14(17)18;1-2/h13H,5-12H2,1-4H3,(H,17,18);1-2H3. The molecule has 0 aromatic rings. The predicted octanol–water partition coefficient (Wildman–Crippen LogP) is 5.20. The Hall–Kier alpha value is -1.06. The molecule has 0 amide bonds. The van der Waals surface area contributed by atoms with Gasteiger partial charge in [0.1, 0.15) is 5.60 Å². The topological polar surface area (TPSA) is 63.6 Å². The Morgan fingerprint density at radius 2 is 1.32 bits per heavy atom. The monoisotopic (exact) mass is 316 g/mol. The Labute approximate surface area is 136 Å². The van der Waals surface area contributed by atoms with Crippen molar-refractivity contribution in [1.29, 1.82) is 0 Å². The van der Waals surface area contributed by atoms with Gasteiger partial charge < -0.3 is 9.84 Å². The van der Waals surface area contributed by atoms with Crippen molar-refractivity contribution in [1.82, 2.24) is 0 Å². The number of carbonyl (C=O) groups is 2. The summed E-state index contributed by atoms with van der Waals surface area (Å²) in [6.45, 7) is 12.0. The van der Waals surface area contributed by atoms with Crippen LogP contribution in [0.3, 0.4) is 0 Å². The van der Waals surface area contributed by atoms with Crippen LogP contribution in [0.1, 0.15) is 92.9 Å². The van der Waals surface area contributed by atoms with E-state index in [9.17, 15) is 9.59 Å². The van der Waals surface area contributed by atoms with E-state index in [0.717, 1.165) is 38.5 Å². The number of unbranched alkanes of at least 4 members (excludes halogenated alkanes) is 5. The van der Waals surface area contributed by atoms with Crippen LogP contribution in [0.5, 0.6) is 0 Å². The largest absolute Gasteiger partial charge is 0.481 e. The van der Waals surface area contributed by atoms with Crippen LogP contribution in [-0.4, -0.2) is 22.6 Å². The Morgan fingerprint density at radius 3 is 1.73 bits per heavy atom. The number of hydrogen-bond acceptors (Lipinski definition) is 3. The Morgan fingerprint density at radius 1 is 0.909 bits per heavy atom. The van der Waals surface area contributed by atoms with Gasteiger partial charge in [-0.2, -0.15) is 0 Å². The molecule has 0 aliphatic heterocycles. The lowest BCUT2D eigenvalue weighted by molar-refractivity contribution is -0.160. The predicted molar refractivity (Wildman–Crippen MR) is 90.9 cm³/mol. The van der Waals surface area contributed by atoms with Crippen molar-refractivity contribution in [3.8, 4) is 0 Å². The normalized spacial score (nSPS) is 10.9. The zero-order valence-electron chi connectivity index (χ0n) is 15.4. The number of hydrogen-bond donors (Lipinski definition) is 1. The molecule has 0 aromatic carbocycles. The first-order valence-electron chi connectivity index (χ1n) is 8.69. The molecule has 22 heavy (non-hydrogen) atoms. The average Bonchev–Trinajstić information content (AvgIpc) is 2.43. The Balaban J connectivity index is 0. The fourth-order valence-corrected chi connectivity index (χ4v) is 1.71. The highest BCUT2D eigenvalue weighted by atomic mass is 16.6. The summed E-state index contributed by atoms with van der Waals surface area (Å²) >= 11 is 0. The SMILES string of the molecule is CC.CC(C)C(C)(C)OC(=O)CCCCCCCCC(=O)O. The van der Waals surface area contributed by atoms with Gasteiger partial charge >= 0.3 is 11.9 Å². The van der Waals surface area contributed by atoms with Gasteiger partial charge in [-0.1, -0.05) is 53.4 Å². The molecule has 0 bridgehead atoms. The second kappa shape index (κ2) is 13.6. The molecule has 0 atom stereocenters. The Bertz CT molecular complexity index is 295. The summed E-state index contributed by atoms with van der Waals surface area (Å²) < 4.78 is 5.47. The van der Waals surface area contributed by atoms with Gasteiger partial charge in [-0.05, 0) is 32.6 Å². The minimum absolute atomic E-state index is 0.116. The van der Waals surface area contributed by atoms with Crippen LogP contribution in [0.4, 0.5) is 0 Å². The molecule has 0 fully saturated rings. The van der Waals surface area contributed by atoms with Crippen LogP contribution in [0.15, 0.2) is 0 Å². The van der Waals surface area contributed by atoms with E-state index >= 15 is 0 Å². The van der Waals surface area contributed by atoms with Gasteiger partial charge in [0.05, 0.1) is 0 Å². The molecule has 0 saturated heterocycles. The molecule has 0 aliphatic carbocycles. The van der Waals surface area contributed by atoms with Crippen molar-refractivity contribution in [3.05, 3.63) is 0 Å². The highest BCUT2D eigenvalue weighted by Crippen LogP contribution is 2.21. The van der Waals surface area contributed by atoms with E-state index in [-0.39, 0.29) is 12.4 Å². The van der Waals surface area contributed by atoms with E-state index in [4.69, 9.17) is 9.84 Å².